The van der Waals surface area contributed by atoms with Gasteiger partial charge in [0.25, 0.3) is 0 Å². The van der Waals surface area contributed by atoms with E-state index in [4.69, 9.17) is 0 Å². The molecule has 0 radical (unpaired) electrons. The standard InChI is InChI=1S/C14H19F2NO/c1-2-8-17-13-5-3-4-10-9-11(18-14(15)16)6-7-12(10)13/h6-7,9,13-14,17H,2-5,8H2,1H3. The number of benzene rings is 1. The van der Waals surface area contributed by atoms with E-state index in [0.717, 1.165) is 37.8 Å². The number of fused-ring (bicyclic) bond motifs is 1. The van der Waals surface area contributed by atoms with Gasteiger partial charge in [0, 0.05) is 6.04 Å². The molecule has 1 atom stereocenters. The summed E-state index contributed by atoms with van der Waals surface area (Å²) in [5.74, 6) is 0.264. The lowest BCUT2D eigenvalue weighted by atomic mass is 9.87. The zero-order valence-corrected chi connectivity index (χ0v) is 10.6. The molecule has 1 aliphatic carbocycles. The number of rotatable bonds is 5. The molecule has 0 fully saturated rings. The third kappa shape index (κ3) is 3.19. The minimum atomic E-state index is -2.75. The van der Waals surface area contributed by atoms with Crippen LogP contribution in [-0.4, -0.2) is 13.2 Å². The van der Waals surface area contributed by atoms with Crippen LogP contribution in [0.2, 0.25) is 0 Å². The quantitative estimate of drug-likeness (QED) is 0.866. The van der Waals surface area contributed by atoms with Gasteiger partial charge >= 0.3 is 6.61 Å². The Bertz CT molecular complexity index is 395. The van der Waals surface area contributed by atoms with E-state index in [9.17, 15) is 8.78 Å². The summed E-state index contributed by atoms with van der Waals surface area (Å²) in [6.07, 6.45) is 4.24. The molecule has 0 aromatic heterocycles. The minimum absolute atomic E-state index is 0.264. The van der Waals surface area contributed by atoms with Crippen LogP contribution < -0.4 is 10.1 Å². The highest BCUT2D eigenvalue weighted by Crippen LogP contribution is 2.32. The Morgan fingerprint density at radius 2 is 2.28 bits per heavy atom. The maximum Gasteiger partial charge on any atom is 0.387 e. The van der Waals surface area contributed by atoms with Crippen molar-refractivity contribution in [3.8, 4) is 5.75 Å². The molecule has 2 rings (SSSR count). The van der Waals surface area contributed by atoms with Gasteiger partial charge in [0.1, 0.15) is 5.75 Å². The Labute approximate surface area is 106 Å². The highest BCUT2D eigenvalue weighted by atomic mass is 19.3. The van der Waals surface area contributed by atoms with Crippen molar-refractivity contribution in [2.45, 2.75) is 45.3 Å². The molecule has 0 saturated heterocycles. The zero-order valence-electron chi connectivity index (χ0n) is 10.6. The van der Waals surface area contributed by atoms with Gasteiger partial charge in [0.2, 0.25) is 0 Å². The minimum Gasteiger partial charge on any atom is -0.435 e. The van der Waals surface area contributed by atoms with Crippen molar-refractivity contribution >= 4 is 0 Å². The normalized spacial score (nSPS) is 18.8. The number of aryl methyl sites for hydroxylation is 1. The predicted octanol–water partition coefficient (Wildman–Crippen LogP) is 3.67. The van der Waals surface area contributed by atoms with Crippen molar-refractivity contribution in [1.82, 2.24) is 5.32 Å². The van der Waals surface area contributed by atoms with Gasteiger partial charge in [-0.3, -0.25) is 0 Å². The van der Waals surface area contributed by atoms with E-state index in [2.05, 4.69) is 17.0 Å². The summed E-state index contributed by atoms with van der Waals surface area (Å²) in [5.41, 5.74) is 2.37. The highest BCUT2D eigenvalue weighted by molar-refractivity contribution is 5.39. The zero-order chi connectivity index (χ0) is 13.0. The van der Waals surface area contributed by atoms with Crippen LogP contribution in [0.4, 0.5) is 8.78 Å². The Morgan fingerprint density at radius 3 is 3.00 bits per heavy atom. The molecular weight excluding hydrogens is 236 g/mol. The third-order valence-corrected chi connectivity index (χ3v) is 3.29. The molecule has 18 heavy (non-hydrogen) atoms. The molecular formula is C14H19F2NO. The maximum absolute atomic E-state index is 12.2. The number of nitrogens with one attached hydrogen (secondary N) is 1. The summed E-state index contributed by atoms with van der Waals surface area (Å²) in [6, 6.07) is 5.66. The molecule has 0 saturated carbocycles. The van der Waals surface area contributed by atoms with Gasteiger partial charge in [-0.15, -0.1) is 0 Å². The molecule has 1 unspecified atom stereocenters. The van der Waals surface area contributed by atoms with E-state index < -0.39 is 6.61 Å². The van der Waals surface area contributed by atoms with E-state index in [1.807, 2.05) is 6.07 Å². The van der Waals surface area contributed by atoms with Gasteiger partial charge in [0.15, 0.2) is 0 Å². The second kappa shape index (κ2) is 6.14. The topological polar surface area (TPSA) is 21.3 Å². The van der Waals surface area contributed by atoms with Crippen LogP contribution in [0.5, 0.6) is 5.75 Å². The lowest BCUT2D eigenvalue weighted by Gasteiger charge is -2.27. The van der Waals surface area contributed by atoms with Gasteiger partial charge in [-0.25, -0.2) is 0 Å². The van der Waals surface area contributed by atoms with Crippen molar-refractivity contribution in [2.75, 3.05) is 6.54 Å². The van der Waals surface area contributed by atoms with Gasteiger partial charge < -0.3 is 10.1 Å². The second-order valence-electron chi connectivity index (χ2n) is 4.64. The summed E-state index contributed by atoms with van der Waals surface area (Å²) in [6.45, 7) is 0.371. The van der Waals surface area contributed by atoms with Crippen LogP contribution in [0, 0.1) is 0 Å². The smallest absolute Gasteiger partial charge is 0.387 e. The lowest BCUT2D eigenvalue weighted by Crippen LogP contribution is -2.25. The van der Waals surface area contributed by atoms with E-state index >= 15 is 0 Å². The molecule has 0 aliphatic heterocycles. The fourth-order valence-corrected chi connectivity index (χ4v) is 2.50. The van der Waals surface area contributed by atoms with Crippen LogP contribution in [0.25, 0.3) is 0 Å². The van der Waals surface area contributed by atoms with Gasteiger partial charge in [-0.2, -0.15) is 8.78 Å². The summed E-state index contributed by atoms with van der Waals surface area (Å²) >= 11 is 0. The fraction of sp³-hybridized carbons (Fsp3) is 0.571. The molecule has 0 amide bonds. The van der Waals surface area contributed by atoms with Gasteiger partial charge in [-0.1, -0.05) is 13.0 Å². The van der Waals surface area contributed by atoms with Gasteiger partial charge in [0.05, 0.1) is 0 Å². The number of ether oxygens (including phenoxy) is 1. The first-order valence-electron chi connectivity index (χ1n) is 6.51. The highest BCUT2D eigenvalue weighted by Gasteiger charge is 2.20. The molecule has 2 nitrogen and oxygen atoms in total. The third-order valence-electron chi connectivity index (χ3n) is 3.29. The molecule has 1 aromatic rings. The average molecular weight is 255 g/mol. The SMILES string of the molecule is CCCNC1CCCc2cc(OC(F)F)ccc21. The first-order valence-corrected chi connectivity index (χ1v) is 6.51. The Balaban J connectivity index is 2.14. The van der Waals surface area contributed by atoms with Crippen molar-refractivity contribution in [2.24, 2.45) is 0 Å². The summed E-state index contributed by atoms with van der Waals surface area (Å²) in [4.78, 5) is 0. The summed E-state index contributed by atoms with van der Waals surface area (Å²) in [7, 11) is 0. The van der Waals surface area contributed by atoms with Crippen LogP contribution in [0.3, 0.4) is 0 Å². The van der Waals surface area contributed by atoms with Crippen LogP contribution in [0.15, 0.2) is 18.2 Å². The molecule has 1 N–H and O–H groups in total. The number of alkyl halides is 2. The second-order valence-corrected chi connectivity index (χ2v) is 4.64. The van der Waals surface area contributed by atoms with Crippen molar-refractivity contribution in [3.63, 3.8) is 0 Å². The molecule has 1 aliphatic rings. The average Bonchev–Trinajstić information content (AvgIpc) is 2.35. The maximum atomic E-state index is 12.2. The number of hydrogen-bond acceptors (Lipinski definition) is 2. The van der Waals surface area contributed by atoms with Gasteiger partial charge in [-0.05, 0) is 55.5 Å². The lowest BCUT2D eigenvalue weighted by molar-refractivity contribution is -0.0499. The molecule has 1 aromatic carbocycles. The molecule has 100 valence electrons. The van der Waals surface area contributed by atoms with Crippen molar-refractivity contribution in [1.29, 1.82) is 0 Å². The van der Waals surface area contributed by atoms with Crippen molar-refractivity contribution in [3.05, 3.63) is 29.3 Å². The number of hydrogen-bond donors (Lipinski definition) is 1. The van der Waals surface area contributed by atoms with Crippen LogP contribution >= 0.6 is 0 Å². The monoisotopic (exact) mass is 255 g/mol. The Morgan fingerprint density at radius 1 is 1.44 bits per heavy atom. The van der Waals surface area contributed by atoms with E-state index in [1.54, 1.807) is 12.1 Å². The number of halogens is 2. The Kier molecular flexibility index (Phi) is 4.53. The predicted molar refractivity (Wildman–Crippen MR) is 67.0 cm³/mol. The Hall–Kier alpha value is -1.16. The van der Waals surface area contributed by atoms with E-state index in [-0.39, 0.29) is 5.75 Å². The first kappa shape index (κ1) is 13.3. The largest absolute Gasteiger partial charge is 0.435 e. The van der Waals surface area contributed by atoms with E-state index in [1.165, 1.54) is 5.56 Å². The summed E-state index contributed by atoms with van der Waals surface area (Å²) in [5, 5.41) is 3.50. The van der Waals surface area contributed by atoms with E-state index in [0.29, 0.717) is 6.04 Å². The van der Waals surface area contributed by atoms with Crippen molar-refractivity contribution < 1.29 is 13.5 Å². The molecule has 4 heteroatoms. The molecule has 0 spiro atoms. The molecule has 0 heterocycles. The molecule has 0 bridgehead atoms. The fourth-order valence-electron chi connectivity index (χ4n) is 2.50. The van der Waals surface area contributed by atoms with Crippen LogP contribution in [-0.2, 0) is 6.42 Å². The summed E-state index contributed by atoms with van der Waals surface area (Å²) < 4.78 is 28.8. The van der Waals surface area contributed by atoms with Crippen LogP contribution in [0.1, 0.15) is 43.4 Å². The first-order chi connectivity index (χ1) is 8.70.